The summed E-state index contributed by atoms with van der Waals surface area (Å²) >= 11 is 1.90. The van der Waals surface area contributed by atoms with E-state index >= 15 is 0 Å². The molecule has 1 nitrogen and oxygen atoms in total. The highest BCUT2D eigenvalue weighted by Crippen LogP contribution is 2.21. The predicted molar refractivity (Wildman–Crippen MR) is 92.6 cm³/mol. The third-order valence-corrected chi connectivity index (χ3v) is 5.15. The summed E-state index contributed by atoms with van der Waals surface area (Å²) in [5.41, 5.74) is 0. The maximum Gasteiger partial charge on any atom is 0.00697 e. The first kappa shape index (κ1) is 17.7. The van der Waals surface area contributed by atoms with Gasteiger partial charge in [0.15, 0.2) is 0 Å². The molecule has 2 heteroatoms. The van der Waals surface area contributed by atoms with Crippen LogP contribution >= 0.6 is 11.3 Å². The third kappa shape index (κ3) is 7.44. The van der Waals surface area contributed by atoms with Crippen molar-refractivity contribution in [3.8, 4) is 0 Å². The van der Waals surface area contributed by atoms with Gasteiger partial charge in [-0.1, -0.05) is 52.5 Å². The van der Waals surface area contributed by atoms with Crippen LogP contribution < -0.4 is 5.32 Å². The second-order valence-corrected chi connectivity index (χ2v) is 6.91. The molecule has 20 heavy (non-hydrogen) atoms. The quantitative estimate of drug-likeness (QED) is 0.525. The van der Waals surface area contributed by atoms with Crippen LogP contribution in [0, 0.1) is 5.92 Å². The van der Waals surface area contributed by atoms with Crippen LogP contribution in [0.25, 0.3) is 0 Å². The fraction of sp³-hybridized carbons (Fsp3) is 0.778. The predicted octanol–water partition coefficient (Wildman–Crippen LogP) is 5.66. The van der Waals surface area contributed by atoms with Gasteiger partial charge in [0.25, 0.3) is 0 Å². The maximum atomic E-state index is 3.71. The standard InChI is InChI=1S/C18H33NS/c1-4-7-10-16(5-2)15-17(19-6-3)11-8-12-18-13-9-14-20-18/h9,13-14,16-17,19H,4-8,10-12,15H2,1-3H3. The molecule has 1 heterocycles. The Morgan fingerprint density at radius 2 is 2.00 bits per heavy atom. The summed E-state index contributed by atoms with van der Waals surface area (Å²) in [6.07, 6.45) is 10.8. The van der Waals surface area contributed by atoms with E-state index in [4.69, 9.17) is 0 Å². The lowest BCUT2D eigenvalue weighted by Crippen LogP contribution is -2.31. The molecular formula is C18H33NS. The van der Waals surface area contributed by atoms with Gasteiger partial charge in [0.1, 0.15) is 0 Å². The zero-order valence-electron chi connectivity index (χ0n) is 13.7. The van der Waals surface area contributed by atoms with Crippen molar-refractivity contribution in [1.29, 1.82) is 0 Å². The van der Waals surface area contributed by atoms with Crippen LogP contribution in [0.5, 0.6) is 0 Å². The number of thiophene rings is 1. The number of hydrogen-bond donors (Lipinski definition) is 1. The molecule has 0 aliphatic heterocycles. The lowest BCUT2D eigenvalue weighted by molar-refractivity contribution is 0.337. The minimum atomic E-state index is 0.724. The average Bonchev–Trinajstić information content (AvgIpc) is 2.96. The summed E-state index contributed by atoms with van der Waals surface area (Å²) < 4.78 is 0. The molecule has 2 unspecified atom stereocenters. The Morgan fingerprint density at radius 1 is 1.15 bits per heavy atom. The monoisotopic (exact) mass is 295 g/mol. The van der Waals surface area contributed by atoms with Gasteiger partial charge in [0.2, 0.25) is 0 Å². The number of nitrogens with one attached hydrogen (secondary N) is 1. The van der Waals surface area contributed by atoms with E-state index in [-0.39, 0.29) is 0 Å². The van der Waals surface area contributed by atoms with Crippen molar-refractivity contribution in [1.82, 2.24) is 5.32 Å². The summed E-state index contributed by atoms with van der Waals surface area (Å²) in [6, 6.07) is 5.16. The summed E-state index contributed by atoms with van der Waals surface area (Å²) in [4.78, 5) is 1.54. The van der Waals surface area contributed by atoms with Gasteiger partial charge in [-0.3, -0.25) is 0 Å². The van der Waals surface area contributed by atoms with Gasteiger partial charge in [0, 0.05) is 10.9 Å². The fourth-order valence-corrected chi connectivity index (χ4v) is 3.70. The number of aryl methyl sites for hydroxylation is 1. The van der Waals surface area contributed by atoms with E-state index in [0.29, 0.717) is 0 Å². The Balaban J connectivity index is 2.30. The van der Waals surface area contributed by atoms with Crippen molar-refractivity contribution in [2.45, 2.75) is 78.2 Å². The smallest absolute Gasteiger partial charge is 0.00697 e. The molecule has 1 aromatic rings. The first-order valence-electron chi connectivity index (χ1n) is 8.55. The molecule has 0 amide bonds. The van der Waals surface area contributed by atoms with E-state index in [1.807, 2.05) is 11.3 Å². The highest BCUT2D eigenvalue weighted by atomic mass is 32.1. The fourth-order valence-electron chi connectivity index (χ4n) is 2.95. The molecule has 0 saturated carbocycles. The molecule has 0 radical (unpaired) electrons. The van der Waals surface area contributed by atoms with E-state index in [1.54, 1.807) is 4.88 Å². The zero-order chi connectivity index (χ0) is 14.6. The molecule has 0 aliphatic carbocycles. The van der Waals surface area contributed by atoms with Crippen LogP contribution in [-0.2, 0) is 6.42 Å². The molecule has 0 fully saturated rings. The molecule has 1 N–H and O–H groups in total. The van der Waals surface area contributed by atoms with Crippen molar-refractivity contribution >= 4 is 11.3 Å². The largest absolute Gasteiger partial charge is 0.314 e. The average molecular weight is 296 g/mol. The van der Waals surface area contributed by atoms with Crippen molar-refractivity contribution in [2.24, 2.45) is 5.92 Å². The van der Waals surface area contributed by atoms with E-state index < -0.39 is 0 Å². The number of rotatable bonds is 12. The van der Waals surface area contributed by atoms with Gasteiger partial charge in [0.05, 0.1) is 0 Å². The normalized spacial score (nSPS) is 14.3. The SMILES string of the molecule is CCCCC(CC)CC(CCCc1cccs1)NCC. The Morgan fingerprint density at radius 3 is 2.60 bits per heavy atom. The Kier molecular flexibility index (Phi) is 10.0. The van der Waals surface area contributed by atoms with E-state index in [9.17, 15) is 0 Å². The first-order valence-corrected chi connectivity index (χ1v) is 9.43. The van der Waals surface area contributed by atoms with E-state index in [1.165, 1.54) is 51.4 Å². The molecule has 116 valence electrons. The van der Waals surface area contributed by atoms with E-state index in [0.717, 1.165) is 18.5 Å². The van der Waals surface area contributed by atoms with Crippen LogP contribution in [0.1, 0.15) is 70.6 Å². The van der Waals surface area contributed by atoms with Crippen LogP contribution in [0.15, 0.2) is 17.5 Å². The molecule has 0 spiro atoms. The molecule has 0 aliphatic rings. The zero-order valence-corrected chi connectivity index (χ0v) is 14.5. The third-order valence-electron chi connectivity index (χ3n) is 4.21. The Hall–Kier alpha value is -0.340. The minimum Gasteiger partial charge on any atom is -0.314 e. The lowest BCUT2D eigenvalue weighted by Gasteiger charge is -2.23. The second-order valence-electron chi connectivity index (χ2n) is 5.88. The molecule has 0 saturated heterocycles. The van der Waals surface area contributed by atoms with Crippen molar-refractivity contribution in [3.05, 3.63) is 22.4 Å². The van der Waals surface area contributed by atoms with Gasteiger partial charge in [-0.25, -0.2) is 0 Å². The second kappa shape index (κ2) is 11.3. The van der Waals surface area contributed by atoms with Crippen LogP contribution in [0.2, 0.25) is 0 Å². The van der Waals surface area contributed by atoms with Crippen LogP contribution in [0.3, 0.4) is 0 Å². The van der Waals surface area contributed by atoms with Crippen molar-refractivity contribution in [2.75, 3.05) is 6.54 Å². The molecule has 1 aromatic heterocycles. The summed E-state index contributed by atoms with van der Waals surface area (Å²) in [5.74, 6) is 0.917. The molecule has 2 atom stereocenters. The minimum absolute atomic E-state index is 0.724. The van der Waals surface area contributed by atoms with Crippen molar-refractivity contribution in [3.63, 3.8) is 0 Å². The topological polar surface area (TPSA) is 12.0 Å². The molecule has 0 bridgehead atoms. The molecule has 1 rings (SSSR count). The van der Waals surface area contributed by atoms with Crippen molar-refractivity contribution < 1.29 is 0 Å². The molecule has 0 aromatic carbocycles. The van der Waals surface area contributed by atoms with Crippen LogP contribution in [-0.4, -0.2) is 12.6 Å². The molecular weight excluding hydrogens is 262 g/mol. The Bertz CT molecular complexity index is 307. The highest BCUT2D eigenvalue weighted by Gasteiger charge is 2.14. The summed E-state index contributed by atoms with van der Waals surface area (Å²) in [5, 5.41) is 5.90. The summed E-state index contributed by atoms with van der Waals surface area (Å²) in [7, 11) is 0. The van der Waals surface area contributed by atoms with Gasteiger partial charge < -0.3 is 5.32 Å². The summed E-state index contributed by atoms with van der Waals surface area (Å²) in [6.45, 7) is 8.00. The highest BCUT2D eigenvalue weighted by molar-refractivity contribution is 7.09. The first-order chi connectivity index (χ1) is 9.80. The van der Waals surface area contributed by atoms with Gasteiger partial charge in [-0.05, 0) is 49.6 Å². The number of unbranched alkanes of at least 4 members (excludes halogenated alkanes) is 1. The number of hydrogen-bond acceptors (Lipinski definition) is 2. The van der Waals surface area contributed by atoms with Gasteiger partial charge in [-0.15, -0.1) is 11.3 Å². The van der Waals surface area contributed by atoms with Crippen LogP contribution in [0.4, 0.5) is 0 Å². The Labute approximate surface area is 130 Å². The van der Waals surface area contributed by atoms with E-state index in [2.05, 4.69) is 43.6 Å². The lowest BCUT2D eigenvalue weighted by atomic mass is 9.90. The van der Waals surface area contributed by atoms with Gasteiger partial charge in [-0.2, -0.15) is 0 Å². The van der Waals surface area contributed by atoms with Gasteiger partial charge >= 0.3 is 0 Å². The maximum absolute atomic E-state index is 3.71.